The van der Waals surface area contributed by atoms with Crippen LogP contribution in [0.1, 0.15) is 45.4 Å². The van der Waals surface area contributed by atoms with E-state index in [1.165, 1.54) is 9.80 Å². The third kappa shape index (κ3) is 8.80. The van der Waals surface area contributed by atoms with Crippen LogP contribution >= 0.6 is 0 Å². The minimum Gasteiger partial charge on any atom is -0.480 e. The highest BCUT2D eigenvalue weighted by Gasteiger charge is 2.38. The maximum absolute atomic E-state index is 12.3. The van der Waals surface area contributed by atoms with Gasteiger partial charge in [-0.1, -0.05) is 6.92 Å². The number of carboxylic acids is 3. The van der Waals surface area contributed by atoms with Crippen molar-refractivity contribution in [2.24, 2.45) is 0 Å². The lowest BCUT2D eigenvalue weighted by Crippen LogP contribution is -2.43. The Hall–Kier alpha value is -2.90. The summed E-state index contributed by atoms with van der Waals surface area (Å²) < 4.78 is 31.7. The molecule has 0 aromatic rings. The summed E-state index contributed by atoms with van der Waals surface area (Å²) in [6.07, 6.45) is -2.26. The lowest BCUT2D eigenvalue weighted by atomic mass is 10.2. The van der Waals surface area contributed by atoms with Crippen LogP contribution in [-0.2, 0) is 24.0 Å². The molecule has 0 spiro atoms. The number of carbonyl (C=O) groups is 5. The molecule has 194 valence electrons. The van der Waals surface area contributed by atoms with Gasteiger partial charge in [0.25, 0.3) is 0 Å². The number of hydrogen-bond acceptors (Lipinski definition) is 6. The van der Waals surface area contributed by atoms with Crippen LogP contribution in [0.5, 0.6) is 0 Å². The zero-order chi connectivity index (χ0) is 26.1. The summed E-state index contributed by atoms with van der Waals surface area (Å²) in [5.74, 6) is -5.02. The van der Waals surface area contributed by atoms with Gasteiger partial charge in [-0.25, -0.2) is 14.4 Å². The van der Waals surface area contributed by atoms with Crippen molar-refractivity contribution in [3.63, 3.8) is 0 Å². The van der Waals surface area contributed by atoms with Crippen LogP contribution in [0.2, 0.25) is 0 Å². The molecule has 0 aliphatic carbocycles. The van der Waals surface area contributed by atoms with Gasteiger partial charge in [0.1, 0.15) is 12.1 Å². The molecule has 2 rings (SSSR count). The second kappa shape index (κ2) is 13.1. The van der Waals surface area contributed by atoms with E-state index in [0.717, 1.165) is 0 Å². The molecule has 2 atom stereocenters. The lowest BCUT2D eigenvalue weighted by Gasteiger charge is -2.26. The van der Waals surface area contributed by atoms with Crippen LogP contribution in [-0.4, -0.2) is 111 Å². The number of likely N-dealkylation sites (tertiary alicyclic amines) is 2. The van der Waals surface area contributed by atoms with Crippen molar-refractivity contribution in [3.8, 4) is 0 Å². The van der Waals surface area contributed by atoms with Crippen LogP contribution in [0, 0.1) is 0 Å². The van der Waals surface area contributed by atoms with Crippen molar-refractivity contribution in [2.45, 2.75) is 63.7 Å². The topological polar surface area (TPSA) is 156 Å². The van der Waals surface area contributed by atoms with Gasteiger partial charge >= 0.3 is 24.1 Å². The third-order valence-electron chi connectivity index (χ3n) is 5.69. The summed E-state index contributed by atoms with van der Waals surface area (Å²) in [5, 5.41) is 25.5. The van der Waals surface area contributed by atoms with Crippen LogP contribution in [0.15, 0.2) is 0 Å². The van der Waals surface area contributed by atoms with Gasteiger partial charge in [0.15, 0.2) is 0 Å². The van der Waals surface area contributed by atoms with Crippen LogP contribution < -0.4 is 0 Å². The van der Waals surface area contributed by atoms with Crippen LogP contribution in [0.25, 0.3) is 0 Å². The fourth-order valence-corrected chi connectivity index (χ4v) is 3.87. The average molecular weight is 497 g/mol. The molecule has 0 bridgehead atoms. The molecule has 0 radical (unpaired) electrons. The van der Waals surface area contributed by atoms with Crippen molar-refractivity contribution in [1.29, 1.82) is 0 Å². The van der Waals surface area contributed by atoms with Gasteiger partial charge in [0.05, 0.1) is 0 Å². The molecule has 0 aromatic heterocycles. The van der Waals surface area contributed by atoms with Crippen molar-refractivity contribution in [3.05, 3.63) is 0 Å². The molecule has 0 unspecified atom stereocenters. The Balaban J connectivity index is 0.000000718. The largest absolute Gasteiger partial charge is 0.490 e. The molecule has 0 aromatic carbocycles. The third-order valence-corrected chi connectivity index (χ3v) is 5.69. The van der Waals surface area contributed by atoms with E-state index in [4.69, 9.17) is 9.90 Å². The summed E-state index contributed by atoms with van der Waals surface area (Å²) in [6, 6.07) is -1.45. The van der Waals surface area contributed by atoms with E-state index >= 15 is 0 Å². The Labute approximate surface area is 194 Å². The molecule has 2 amide bonds. The van der Waals surface area contributed by atoms with E-state index < -0.39 is 36.2 Å². The van der Waals surface area contributed by atoms with Gasteiger partial charge in [0.2, 0.25) is 11.8 Å². The van der Waals surface area contributed by atoms with Gasteiger partial charge in [-0.05, 0) is 32.2 Å². The molecular weight excluding hydrogens is 467 g/mol. The van der Waals surface area contributed by atoms with Crippen molar-refractivity contribution in [1.82, 2.24) is 14.7 Å². The van der Waals surface area contributed by atoms with Gasteiger partial charge < -0.3 is 30.0 Å². The Morgan fingerprint density at radius 3 is 1.44 bits per heavy atom. The minimum atomic E-state index is -5.08. The maximum atomic E-state index is 12.3. The molecule has 2 saturated heterocycles. The van der Waals surface area contributed by atoms with Gasteiger partial charge in [0, 0.05) is 39.0 Å². The molecule has 2 aliphatic heterocycles. The standard InChI is InChI=1S/C18H29N3O6.C2HF3O2/c1-2-19(11-7-15(22)20-9-3-5-13(20)17(24)25)12-8-16(23)21-10-4-6-14(21)18(26)27;3-2(4,5)1(6)7/h13-14H,2-12H2,1H3,(H,24,25)(H,26,27);(H,6,7)/t13-,14-;/m1./s1. The number of rotatable bonds is 9. The number of aliphatic carboxylic acids is 3. The first kappa shape index (κ1) is 29.1. The minimum absolute atomic E-state index is 0.171. The molecule has 3 N–H and O–H groups in total. The first-order valence-corrected chi connectivity index (χ1v) is 10.9. The Morgan fingerprint density at radius 2 is 1.18 bits per heavy atom. The van der Waals surface area contributed by atoms with Crippen LogP contribution in [0.3, 0.4) is 0 Å². The van der Waals surface area contributed by atoms with E-state index in [-0.39, 0.29) is 24.7 Å². The van der Waals surface area contributed by atoms with E-state index in [1.54, 1.807) is 0 Å². The molecular formula is C20H30F3N3O8. The number of hydrogen-bond donors (Lipinski definition) is 3. The molecule has 34 heavy (non-hydrogen) atoms. The maximum Gasteiger partial charge on any atom is 0.490 e. The Bertz CT molecular complexity index is 714. The number of carboxylic acid groups (broad SMARTS) is 3. The highest BCUT2D eigenvalue weighted by atomic mass is 19.4. The molecule has 2 aliphatic rings. The summed E-state index contributed by atoms with van der Waals surface area (Å²) >= 11 is 0. The number of amides is 2. The summed E-state index contributed by atoms with van der Waals surface area (Å²) in [5.41, 5.74) is 0. The lowest BCUT2D eigenvalue weighted by molar-refractivity contribution is -0.192. The van der Waals surface area contributed by atoms with Crippen molar-refractivity contribution >= 4 is 29.7 Å². The summed E-state index contributed by atoms with van der Waals surface area (Å²) in [7, 11) is 0. The first-order chi connectivity index (χ1) is 15.8. The quantitative estimate of drug-likeness (QED) is 0.421. The zero-order valence-electron chi connectivity index (χ0n) is 18.8. The molecule has 14 heteroatoms. The van der Waals surface area contributed by atoms with Gasteiger partial charge in [-0.2, -0.15) is 13.2 Å². The Morgan fingerprint density at radius 1 is 0.824 bits per heavy atom. The monoisotopic (exact) mass is 497 g/mol. The van der Waals surface area contributed by atoms with E-state index in [0.29, 0.717) is 58.4 Å². The van der Waals surface area contributed by atoms with Gasteiger partial charge in [-0.3, -0.25) is 9.59 Å². The van der Waals surface area contributed by atoms with E-state index in [9.17, 15) is 42.6 Å². The van der Waals surface area contributed by atoms with E-state index in [1.807, 2.05) is 11.8 Å². The molecule has 11 nitrogen and oxygen atoms in total. The average Bonchev–Trinajstić information content (AvgIpc) is 3.43. The number of nitrogens with zero attached hydrogens (tertiary/aromatic N) is 3. The molecule has 2 fully saturated rings. The fraction of sp³-hybridized carbons (Fsp3) is 0.750. The van der Waals surface area contributed by atoms with Crippen LogP contribution in [0.4, 0.5) is 13.2 Å². The normalized spacial score (nSPS) is 20.1. The highest BCUT2D eigenvalue weighted by Crippen LogP contribution is 2.20. The predicted octanol–water partition coefficient (Wildman–Crippen LogP) is 0.873. The zero-order valence-corrected chi connectivity index (χ0v) is 18.8. The molecule has 2 heterocycles. The number of alkyl halides is 3. The smallest absolute Gasteiger partial charge is 0.480 e. The molecule has 0 saturated carbocycles. The first-order valence-electron chi connectivity index (χ1n) is 10.9. The summed E-state index contributed by atoms with van der Waals surface area (Å²) in [4.78, 5) is 60.8. The SMILES string of the molecule is CCN(CCC(=O)N1CCC[C@@H]1C(=O)O)CCC(=O)N1CCC[C@@H]1C(=O)O.O=C(O)C(F)(F)F. The fourth-order valence-electron chi connectivity index (χ4n) is 3.87. The predicted molar refractivity (Wildman–Crippen MR) is 110 cm³/mol. The number of carbonyl (C=O) groups excluding carboxylic acids is 2. The van der Waals surface area contributed by atoms with E-state index in [2.05, 4.69) is 0 Å². The second-order valence-corrected chi connectivity index (χ2v) is 7.90. The van der Waals surface area contributed by atoms with Gasteiger partial charge in [-0.15, -0.1) is 0 Å². The highest BCUT2D eigenvalue weighted by molar-refractivity contribution is 5.85. The Kier molecular flexibility index (Phi) is 11.2. The van der Waals surface area contributed by atoms with Crippen molar-refractivity contribution in [2.75, 3.05) is 32.7 Å². The summed E-state index contributed by atoms with van der Waals surface area (Å²) in [6.45, 7) is 4.45. The number of halogens is 3. The second-order valence-electron chi connectivity index (χ2n) is 7.90. The van der Waals surface area contributed by atoms with Crippen molar-refractivity contribution < 1.29 is 52.5 Å².